The summed E-state index contributed by atoms with van der Waals surface area (Å²) in [5.74, 6) is -1.57. The van der Waals surface area contributed by atoms with E-state index < -0.39 is 12.5 Å². The van der Waals surface area contributed by atoms with Gasteiger partial charge in [-0.15, -0.1) is 11.3 Å². The number of benzene rings is 1. The first-order valence-corrected chi connectivity index (χ1v) is 9.74. The number of hydrogen-bond acceptors (Lipinski definition) is 4. The maximum atomic E-state index is 12.5. The number of nitrogens with one attached hydrogen (secondary N) is 2. The van der Waals surface area contributed by atoms with Gasteiger partial charge >= 0.3 is 5.97 Å². The third-order valence-electron chi connectivity index (χ3n) is 3.99. The second-order valence-electron chi connectivity index (χ2n) is 6.16. The molecule has 0 unspecified atom stereocenters. The Morgan fingerprint density at radius 1 is 1.11 bits per heavy atom. The summed E-state index contributed by atoms with van der Waals surface area (Å²) in [4.78, 5) is 36.5. The van der Waals surface area contributed by atoms with E-state index in [4.69, 9.17) is 5.11 Å². The number of carboxylic acid groups (broad SMARTS) is 1. The zero-order valence-corrected chi connectivity index (χ0v) is 16.3. The molecule has 1 aromatic carbocycles. The smallest absolute Gasteiger partial charge is 0.322 e. The van der Waals surface area contributed by atoms with Crippen molar-refractivity contribution >= 4 is 34.8 Å². The molecule has 0 spiro atoms. The van der Waals surface area contributed by atoms with Crippen molar-refractivity contribution in [1.29, 1.82) is 0 Å². The van der Waals surface area contributed by atoms with Gasteiger partial charge in [-0.2, -0.15) is 0 Å². The van der Waals surface area contributed by atoms with E-state index in [-0.39, 0.29) is 18.2 Å². The van der Waals surface area contributed by atoms with Crippen LogP contribution in [0.5, 0.6) is 0 Å². The molecule has 0 aliphatic rings. The average molecular weight is 388 g/mol. The Balaban J connectivity index is 1.96. The number of anilines is 1. The van der Waals surface area contributed by atoms with E-state index in [9.17, 15) is 14.4 Å². The van der Waals surface area contributed by atoms with E-state index in [0.717, 1.165) is 24.8 Å². The molecule has 0 radical (unpaired) electrons. The second-order valence-corrected chi connectivity index (χ2v) is 7.30. The molecule has 0 atom stereocenters. The summed E-state index contributed by atoms with van der Waals surface area (Å²) < 4.78 is 0. The summed E-state index contributed by atoms with van der Waals surface area (Å²) >= 11 is 1.54. The largest absolute Gasteiger partial charge is 0.480 e. The van der Waals surface area contributed by atoms with Gasteiger partial charge in [0.2, 0.25) is 5.91 Å². The molecule has 1 heterocycles. The SMILES string of the molecule is CCCc1sc(C(=O)Nc2ccc(CC(=O)NCC(=O)O)cc2)cc1CC. The highest BCUT2D eigenvalue weighted by atomic mass is 32.1. The van der Waals surface area contributed by atoms with E-state index in [1.807, 2.05) is 6.07 Å². The quantitative estimate of drug-likeness (QED) is 0.614. The highest BCUT2D eigenvalue weighted by molar-refractivity contribution is 7.14. The van der Waals surface area contributed by atoms with E-state index in [0.29, 0.717) is 10.6 Å². The van der Waals surface area contributed by atoms with Gasteiger partial charge in [0.05, 0.1) is 11.3 Å². The van der Waals surface area contributed by atoms with Crippen LogP contribution in [0.15, 0.2) is 30.3 Å². The summed E-state index contributed by atoms with van der Waals surface area (Å²) in [5.41, 5.74) is 2.62. The van der Waals surface area contributed by atoms with Gasteiger partial charge in [0.25, 0.3) is 5.91 Å². The molecule has 0 fully saturated rings. The van der Waals surface area contributed by atoms with E-state index >= 15 is 0 Å². The van der Waals surface area contributed by atoms with Gasteiger partial charge in [-0.1, -0.05) is 32.4 Å². The lowest BCUT2D eigenvalue weighted by Crippen LogP contribution is -2.30. The Morgan fingerprint density at radius 3 is 2.41 bits per heavy atom. The molecule has 3 N–H and O–H groups in total. The lowest BCUT2D eigenvalue weighted by atomic mass is 10.1. The fourth-order valence-corrected chi connectivity index (χ4v) is 3.89. The van der Waals surface area contributed by atoms with E-state index in [1.165, 1.54) is 10.4 Å². The maximum Gasteiger partial charge on any atom is 0.322 e. The Bertz CT molecular complexity index is 812. The fourth-order valence-electron chi connectivity index (χ4n) is 2.64. The number of carbonyl (C=O) groups is 3. The molecule has 27 heavy (non-hydrogen) atoms. The zero-order chi connectivity index (χ0) is 19.8. The third kappa shape index (κ3) is 6.21. The molecule has 0 aliphatic heterocycles. The summed E-state index contributed by atoms with van der Waals surface area (Å²) in [6, 6.07) is 8.92. The summed E-state index contributed by atoms with van der Waals surface area (Å²) in [7, 11) is 0. The Kier molecular flexibility index (Phi) is 7.55. The Morgan fingerprint density at radius 2 is 1.81 bits per heavy atom. The van der Waals surface area contributed by atoms with Crippen LogP contribution in [0.4, 0.5) is 5.69 Å². The molecule has 2 rings (SSSR count). The number of aryl methyl sites for hydroxylation is 2. The zero-order valence-electron chi connectivity index (χ0n) is 15.5. The van der Waals surface area contributed by atoms with Crippen molar-refractivity contribution in [3.63, 3.8) is 0 Å². The predicted molar refractivity (Wildman–Crippen MR) is 106 cm³/mol. The lowest BCUT2D eigenvalue weighted by molar-refractivity contribution is -0.137. The fraction of sp³-hybridized carbons (Fsp3) is 0.350. The van der Waals surface area contributed by atoms with Crippen molar-refractivity contribution in [1.82, 2.24) is 5.32 Å². The molecule has 2 amide bonds. The number of aliphatic carboxylic acids is 1. The van der Waals surface area contributed by atoms with E-state index in [1.54, 1.807) is 35.6 Å². The molecule has 2 aromatic rings. The number of rotatable bonds is 9. The van der Waals surface area contributed by atoms with Crippen molar-refractivity contribution in [2.45, 2.75) is 39.5 Å². The molecule has 0 bridgehead atoms. The van der Waals surface area contributed by atoms with Crippen LogP contribution < -0.4 is 10.6 Å². The predicted octanol–water partition coefficient (Wildman–Crippen LogP) is 3.26. The van der Waals surface area contributed by atoms with Crippen molar-refractivity contribution in [2.75, 3.05) is 11.9 Å². The standard InChI is InChI=1S/C20H24N2O4S/c1-3-5-16-14(4-2)11-17(27-16)20(26)22-15-8-6-13(7-9-15)10-18(23)21-12-19(24)25/h6-9,11H,3-5,10,12H2,1-2H3,(H,21,23)(H,22,26)(H,24,25). The van der Waals surface area contributed by atoms with Gasteiger partial charge in [-0.3, -0.25) is 14.4 Å². The van der Waals surface area contributed by atoms with Gasteiger partial charge in [0.1, 0.15) is 6.54 Å². The van der Waals surface area contributed by atoms with Crippen LogP contribution in [0, 0.1) is 0 Å². The van der Waals surface area contributed by atoms with Crippen molar-refractivity contribution in [2.24, 2.45) is 0 Å². The first-order chi connectivity index (χ1) is 12.9. The third-order valence-corrected chi connectivity index (χ3v) is 5.23. The van der Waals surface area contributed by atoms with Crippen molar-refractivity contribution < 1.29 is 19.5 Å². The number of carboxylic acids is 1. The monoisotopic (exact) mass is 388 g/mol. The molecule has 144 valence electrons. The molecular formula is C20H24N2O4S. The summed E-state index contributed by atoms with van der Waals surface area (Å²) in [6.45, 7) is 3.82. The lowest BCUT2D eigenvalue weighted by Gasteiger charge is -2.06. The van der Waals surface area contributed by atoms with Crippen LogP contribution in [0.3, 0.4) is 0 Å². The molecule has 0 saturated carbocycles. The molecule has 7 heteroatoms. The molecule has 6 nitrogen and oxygen atoms in total. The van der Waals surface area contributed by atoms with Gasteiger partial charge in [0.15, 0.2) is 0 Å². The first-order valence-electron chi connectivity index (χ1n) is 8.93. The van der Waals surface area contributed by atoms with Crippen LogP contribution in [-0.2, 0) is 28.9 Å². The van der Waals surface area contributed by atoms with Crippen LogP contribution in [0.25, 0.3) is 0 Å². The molecular weight excluding hydrogens is 364 g/mol. The molecule has 0 saturated heterocycles. The second kappa shape index (κ2) is 9.87. The highest BCUT2D eigenvalue weighted by Crippen LogP contribution is 2.25. The minimum absolute atomic E-state index is 0.0899. The minimum Gasteiger partial charge on any atom is -0.480 e. The number of carbonyl (C=O) groups excluding carboxylic acids is 2. The van der Waals surface area contributed by atoms with Crippen molar-refractivity contribution in [3.8, 4) is 0 Å². The highest BCUT2D eigenvalue weighted by Gasteiger charge is 2.14. The maximum absolute atomic E-state index is 12.5. The van der Waals surface area contributed by atoms with Gasteiger partial charge in [0, 0.05) is 10.6 Å². The molecule has 0 aliphatic carbocycles. The summed E-state index contributed by atoms with van der Waals surface area (Å²) in [6.07, 6.45) is 3.04. The van der Waals surface area contributed by atoms with Crippen LogP contribution in [0.1, 0.15) is 45.9 Å². The van der Waals surface area contributed by atoms with Gasteiger partial charge < -0.3 is 15.7 Å². The van der Waals surface area contributed by atoms with Gasteiger partial charge in [-0.25, -0.2) is 0 Å². The van der Waals surface area contributed by atoms with Gasteiger partial charge in [-0.05, 0) is 42.2 Å². The van der Waals surface area contributed by atoms with Crippen LogP contribution in [-0.4, -0.2) is 29.4 Å². The van der Waals surface area contributed by atoms with Crippen LogP contribution >= 0.6 is 11.3 Å². The average Bonchev–Trinajstić information content (AvgIpc) is 3.05. The number of hydrogen-bond donors (Lipinski definition) is 3. The molecule has 1 aromatic heterocycles. The van der Waals surface area contributed by atoms with Crippen LogP contribution in [0.2, 0.25) is 0 Å². The number of thiophene rings is 1. The Hall–Kier alpha value is -2.67. The summed E-state index contributed by atoms with van der Waals surface area (Å²) in [5, 5.41) is 13.7. The number of amides is 2. The normalized spacial score (nSPS) is 10.4. The van der Waals surface area contributed by atoms with Crippen molar-refractivity contribution in [3.05, 3.63) is 51.2 Å². The minimum atomic E-state index is -1.08. The van der Waals surface area contributed by atoms with E-state index in [2.05, 4.69) is 24.5 Å². The topological polar surface area (TPSA) is 95.5 Å². The first kappa shape index (κ1) is 20.6. The Labute approximate surface area is 162 Å².